The summed E-state index contributed by atoms with van der Waals surface area (Å²) in [5.74, 6) is 1.24. The van der Waals surface area contributed by atoms with Gasteiger partial charge < -0.3 is 15.0 Å². The normalized spacial score (nSPS) is 15.7. The van der Waals surface area contributed by atoms with E-state index in [1.807, 2.05) is 24.3 Å². The summed E-state index contributed by atoms with van der Waals surface area (Å²) < 4.78 is 10.2. The fraction of sp³-hybridized carbons (Fsp3) is 0.375. The summed E-state index contributed by atoms with van der Waals surface area (Å²) >= 11 is 0. The molecule has 8 heteroatoms. The predicted molar refractivity (Wildman–Crippen MR) is 124 cm³/mol. The quantitative estimate of drug-likeness (QED) is 0.503. The summed E-state index contributed by atoms with van der Waals surface area (Å²) in [6.45, 7) is 4.32. The number of aryl methyl sites for hydroxylation is 1. The molecular formula is C24H27N5O3. The molecule has 0 saturated heterocycles. The number of para-hydroxylation sites is 1. The van der Waals surface area contributed by atoms with E-state index in [9.17, 15) is 9.59 Å². The molecule has 0 bridgehead atoms. The largest absolute Gasteiger partial charge is 0.383 e. The molecule has 2 N–H and O–H groups in total. The first-order chi connectivity index (χ1) is 15.5. The van der Waals surface area contributed by atoms with Gasteiger partial charge in [0.15, 0.2) is 0 Å². The summed E-state index contributed by atoms with van der Waals surface area (Å²) in [6, 6.07) is 11.5. The van der Waals surface area contributed by atoms with E-state index in [1.165, 1.54) is 10.1 Å². The third-order valence-electron chi connectivity index (χ3n) is 6.51. The lowest BCUT2D eigenvalue weighted by atomic mass is 9.92. The highest BCUT2D eigenvalue weighted by Gasteiger charge is 2.24. The lowest BCUT2D eigenvalue weighted by molar-refractivity contribution is 0.184. The molecule has 1 unspecified atom stereocenters. The molecule has 3 heterocycles. The van der Waals surface area contributed by atoms with Gasteiger partial charge in [0, 0.05) is 20.2 Å². The minimum atomic E-state index is -0.349. The van der Waals surface area contributed by atoms with E-state index in [1.54, 1.807) is 17.7 Å². The topological polar surface area (TPSA) is 97.1 Å². The number of nitrogens with zero attached hydrogens (tertiary/aromatic N) is 4. The predicted octanol–water partition coefficient (Wildman–Crippen LogP) is 2.17. The maximum absolute atomic E-state index is 13.4. The number of fused-ring (bicyclic) bond motifs is 1. The van der Waals surface area contributed by atoms with Crippen molar-refractivity contribution in [3.63, 3.8) is 0 Å². The van der Waals surface area contributed by atoms with Crippen LogP contribution in [0, 0.1) is 0 Å². The zero-order valence-electron chi connectivity index (χ0n) is 18.4. The third-order valence-corrected chi connectivity index (χ3v) is 6.51. The lowest BCUT2D eigenvalue weighted by Gasteiger charge is -2.23. The van der Waals surface area contributed by atoms with Crippen LogP contribution < -0.4 is 17.0 Å². The Morgan fingerprint density at radius 2 is 2.00 bits per heavy atom. The fourth-order valence-electron chi connectivity index (χ4n) is 4.79. The van der Waals surface area contributed by atoms with Gasteiger partial charge in [-0.1, -0.05) is 25.1 Å². The summed E-state index contributed by atoms with van der Waals surface area (Å²) in [5.41, 5.74) is 10.3. The number of imidazole rings is 1. The van der Waals surface area contributed by atoms with Crippen molar-refractivity contribution in [3.05, 3.63) is 74.2 Å². The second-order valence-electron chi connectivity index (χ2n) is 8.46. The molecule has 32 heavy (non-hydrogen) atoms. The Balaban J connectivity index is 1.72. The van der Waals surface area contributed by atoms with Crippen LogP contribution >= 0.6 is 0 Å². The molecule has 2 aromatic heterocycles. The fourth-order valence-corrected chi connectivity index (χ4v) is 4.79. The number of nitrogens with two attached hydrogens (primary N) is 1. The number of hydrogen-bond donors (Lipinski definition) is 1. The van der Waals surface area contributed by atoms with E-state index in [-0.39, 0.29) is 30.9 Å². The van der Waals surface area contributed by atoms with E-state index in [4.69, 9.17) is 15.5 Å². The van der Waals surface area contributed by atoms with Crippen molar-refractivity contribution in [2.24, 2.45) is 5.73 Å². The van der Waals surface area contributed by atoms with Crippen LogP contribution in [-0.4, -0.2) is 32.4 Å². The number of hydrogen-bond acceptors (Lipinski definition) is 5. The smallest absolute Gasteiger partial charge is 0.331 e. The van der Waals surface area contributed by atoms with Crippen molar-refractivity contribution in [2.45, 2.75) is 45.4 Å². The molecule has 1 atom stereocenters. The van der Waals surface area contributed by atoms with E-state index in [0.29, 0.717) is 23.4 Å². The summed E-state index contributed by atoms with van der Waals surface area (Å²) in [4.78, 5) is 31.2. The molecule has 8 nitrogen and oxygen atoms in total. The first-order valence-corrected chi connectivity index (χ1v) is 11.0. The van der Waals surface area contributed by atoms with Crippen LogP contribution in [0.2, 0.25) is 0 Å². The van der Waals surface area contributed by atoms with E-state index in [2.05, 4.69) is 17.6 Å². The van der Waals surface area contributed by atoms with Gasteiger partial charge in [-0.2, -0.15) is 0 Å². The third kappa shape index (κ3) is 3.18. The first-order valence-electron chi connectivity index (χ1n) is 11.0. The van der Waals surface area contributed by atoms with Crippen LogP contribution in [0.4, 0.5) is 0 Å². The standard InChI is InChI=1S/C24H27N5O3/c1-15-7-8-27-21(26-19-12-16(13-25)11-18(15)22(19)27)14-29-20-6-4-3-5-17(20)23(30)28(24(29)31)9-10-32-2/h3-6,11-12,15H,7-10,13-14,25H2,1-2H3. The molecule has 0 aliphatic carbocycles. The van der Waals surface area contributed by atoms with Gasteiger partial charge in [-0.15, -0.1) is 0 Å². The highest BCUT2D eigenvalue weighted by Crippen LogP contribution is 2.35. The van der Waals surface area contributed by atoms with Gasteiger partial charge in [0.25, 0.3) is 5.56 Å². The molecule has 0 fully saturated rings. The van der Waals surface area contributed by atoms with Gasteiger partial charge in [-0.05, 0) is 41.7 Å². The van der Waals surface area contributed by atoms with Gasteiger partial charge in [0.2, 0.25) is 0 Å². The van der Waals surface area contributed by atoms with E-state index in [0.717, 1.165) is 35.4 Å². The van der Waals surface area contributed by atoms with Crippen molar-refractivity contribution < 1.29 is 4.74 Å². The Morgan fingerprint density at radius 3 is 2.78 bits per heavy atom. The number of methoxy groups -OCH3 is 1. The monoisotopic (exact) mass is 433 g/mol. The van der Waals surface area contributed by atoms with Crippen LogP contribution in [0.25, 0.3) is 21.9 Å². The van der Waals surface area contributed by atoms with E-state index < -0.39 is 0 Å². The molecule has 0 amide bonds. The Bertz CT molecular complexity index is 1450. The average Bonchev–Trinajstić information content (AvgIpc) is 3.16. The minimum absolute atomic E-state index is 0.205. The van der Waals surface area contributed by atoms with Crippen molar-refractivity contribution in [1.29, 1.82) is 0 Å². The molecule has 0 radical (unpaired) electrons. The summed E-state index contributed by atoms with van der Waals surface area (Å²) in [7, 11) is 1.56. The van der Waals surface area contributed by atoms with Crippen molar-refractivity contribution in [1.82, 2.24) is 18.7 Å². The number of benzene rings is 2. The van der Waals surface area contributed by atoms with Crippen molar-refractivity contribution in [2.75, 3.05) is 13.7 Å². The average molecular weight is 434 g/mol. The maximum Gasteiger partial charge on any atom is 0.331 e. The molecule has 5 rings (SSSR count). The van der Waals surface area contributed by atoms with Gasteiger partial charge in [0.05, 0.1) is 41.6 Å². The Labute approximate surface area is 184 Å². The Hall–Kier alpha value is -3.23. The SMILES string of the molecule is COCCn1c(=O)c2ccccc2n(Cc2nc3cc(CN)cc4c3n2CCC4C)c1=O. The molecule has 1 aliphatic rings. The minimum Gasteiger partial charge on any atom is -0.383 e. The summed E-state index contributed by atoms with van der Waals surface area (Å²) in [6.07, 6.45) is 1.00. The number of ether oxygens (including phenoxy) is 1. The van der Waals surface area contributed by atoms with Gasteiger partial charge >= 0.3 is 5.69 Å². The molecule has 1 aliphatic heterocycles. The Morgan fingerprint density at radius 1 is 1.19 bits per heavy atom. The maximum atomic E-state index is 13.4. The highest BCUT2D eigenvalue weighted by molar-refractivity contribution is 5.82. The highest BCUT2D eigenvalue weighted by atomic mass is 16.5. The van der Waals surface area contributed by atoms with Crippen LogP contribution in [0.3, 0.4) is 0 Å². The van der Waals surface area contributed by atoms with Gasteiger partial charge in [-0.25, -0.2) is 9.78 Å². The zero-order valence-corrected chi connectivity index (χ0v) is 18.4. The van der Waals surface area contributed by atoms with Crippen molar-refractivity contribution >= 4 is 21.9 Å². The van der Waals surface area contributed by atoms with E-state index >= 15 is 0 Å². The molecule has 2 aromatic carbocycles. The second kappa shape index (κ2) is 8.03. The van der Waals surface area contributed by atoms with Crippen LogP contribution in [0.5, 0.6) is 0 Å². The van der Waals surface area contributed by atoms with Gasteiger partial charge in [0.1, 0.15) is 5.82 Å². The van der Waals surface area contributed by atoms with Gasteiger partial charge in [-0.3, -0.25) is 13.9 Å². The summed E-state index contributed by atoms with van der Waals surface area (Å²) in [5, 5.41) is 0.512. The lowest BCUT2D eigenvalue weighted by Crippen LogP contribution is -2.41. The van der Waals surface area contributed by atoms with Crippen molar-refractivity contribution in [3.8, 4) is 0 Å². The molecule has 0 saturated carbocycles. The van der Waals surface area contributed by atoms with Crippen LogP contribution in [-0.2, 0) is 30.9 Å². The molecule has 166 valence electrons. The number of rotatable bonds is 6. The van der Waals surface area contributed by atoms with Crippen LogP contribution in [0.1, 0.15) is 36.2 Å². The molecule has 4 aromatic rings. The Kier molecular flexibility index (Phi) is 5.19. The second-order valence-corrected chi connectivity index (χ2v) is 8.46. The molecular weight excluding hydrogens is 406 g/mol. The van der Waals surface area contributed by atoms with Crippen LogP contribution in [0.15, 0.2) is 46.0 Å². The first kappa shape index (κ1) is 20.7. The zero-order chi connectivity index (χ0) is 22.4. The molecule has 0 spiro atoms. The number of aromatic nitrogens is 4.